The van der Waals surface area contributed by atoms with Gasteiger partial charge in [-0.3, -0.25) is 19.3 Å². The average molecular weight is 452 g/mol. The zero-order chi connectivity index (χ0) is 23.0. The SMILES string of the molecule is Cc1ccccc1C(=O)N1[C@H](C(=O)N2CCCC2)COC12CCN(C(=O)c1ccco1)CC2. The van der Waals surface area contributed by atoms with E-state index in [-0.39, 0.29) is 24.3 Å². The Bertz CT molecular complexity index is 1040. The quantitative estimate of drug-likeness (QED) is 0.717. The van der Waals surface area contributed by atoms with E-state index in [1.165, 1.54) is 6.26 Å². The molecule has 0 unspecified atom stereocenters. The van der Waals surface area contributed by atoms with Crippen LogP contribution in [-0.2, 0) is 9.53 Å². The molecule has 33 heavy (non-hydrogen) atoms. The van der Waals surface area contributed by atoms with Crippen LogP contribution in [0.3, 0.4) is 0 Å². The molecule has 1 aromatic heterocycles. The summed E-state index contributed by atoms with van der Waals surface area (Å²) in [4.78, 5) is 45.3. The van der Waals surface area contributed by atoms with Crippen LogP contribution >= 0.6 is 0 Å². The van der Waals surface area contributed by atoms with E-state index in [2.05, 4.69) is 0 Å². The van der Waals surface area contributed by atoms with Crippen molar-refractivity contribution in [2.24, 2.45) is 0 Å². The smallest absolute Gasteiger partial charge is 0.289 e. The number of piperidine rings is 1. The van der Waals surface area contributed by atoms with Crippen molar-refractivity contribution in [3.05, 3.63) is 59.5 Å². The maximum atomic E-state index is 13.9. The fourth-order valence-electron chi connectivity index (χ4n) is 5.26. The molecule has 4 heterocycles. The van der Waals surface area contributed by atoms with Crippen molar-refractivity contribution in [1.29, 1.82) is 0 Å². The van der Waals surface area contributed by atoms with Gasteiger partial charge in [-0.05, 0) is 43.5 Å². The molecule has 8 heteroatoms. The van der Waals surface area contributed by atoms with Crippen molar-refractivity contribution >= 4 is 17.7 Å². The minimum atomic E-state index is -0.903. The first-order chi connectivity index (χ1) is 16.0. The first-order valence-corrected chi connectivity index (χ1v) is 11.6. The van der Waals surface area contributed by atoms with Crippen molar-refractivity contribution in [3.8, 4) is 0 Å². The first-order valence-electron chi connectivity index (χ1n) is 11.6. The normalized spacial score (nSPS) is 22.2. The van der Waals surface area contributed by atoms with Crippen molar-refractivity contribution < 1.29 is 23.5 Å². The topological polar surface area (TPSA) is 83.3 Å². The third kappa shape index (κ3) is 3.82. The Morgan fingerprint density at radius 2 is 1.64 bits per heavy atom. The number of furan rings is 1. The van der Waals surface area contributed by atoms with Gasteiger partial charge in [-0.1, -0.05) is 18.2 Å². The molecule has 0 N–H and O–H groups in total. The zero-order valence-electron chi connectivity index (χ0n) is 18.9. The number of benzene rings is 1. The molecule has 0 bridgehead atoms. The third-order valence-corrected chi connectivity index (χ3v) is 7.12. The van der Waals surface area contributed by atoms with E-state index in [0.717, 1.165) is 31.5 Å². The molecule has 8 nitrogen and oxygen atoms in total. The Morgan fingerprint density at radius 3 is 2.30 bits per heavy atom. The van der Waals surface area contributed by atoms with Gasteiger partial charge in [0.1, 0.15) is 11.8 Å². The Hall–Kier alpha value is -3.13. The van der Waals surface area contributed by atoms with Crippen LogP contribution in [0.4, 0.5) is 0 Å². The summed E-state index contributed by atoms with van der Waals surface area (Å²) in [5, 5.41) is 0. The van der Waals surface area contributed by atoms with Crippen molar-refractivity contribution in [1.82, 2.24) is 14.7 Å². The lowest BCUT2D eigenvalue weighted by atomic mass is 9.95. The molecule has 5 rings (SSSR count). The molecule has 1 atom stereocenters. The standard InChI is InChI=1S/C25H29N3O5/c1-18-7-2-3-8-19(18)22(29)28-20(23(30)26-12-4-5-13-26)17-33-25(28)10-14-27(15-11-25)24(31)21-9-6-16-32-21/h2-3,6-9,16,20H,4-5,10-15,17H2,1H3/t20-/m0/s1. The molecular formula is C25H29N3O5. The van der Waals surface area contributed by atoms with Crippen LogP contribution in [0.1, 0.15) is 52.2 Å². The van der Waals surface area contributed by atoms with Crippen molar-refractivity contribution in [3.63, 3.8) is 0 Å². The van der Waals surface area contributed by atoms with Crippen LogP contribution in [0.15, 0.2) is 47.1 Å². The van der Waals surface area contributed by atoms with E-state index in [1.54, 1.807) is 28.0 Å². The molecular weight excluding hydrogens is 422 g/mol. The van der Waals surface area contributed by atoms with E-state index >= 15 is 0 Å². The summed E-state index contributed by atoms with van der Waals surface area (Å²) in [7, 11) is 0. The number of nitrogens with zero attached hydrogens (tertiary/aromatic N) is 3. The van der Waals surface area contributed by atoms with E-state index in [4.69, 9.17) is 9.15 Å². The number of likely N-dealkylation sites (tertiary alicyclic amines) is 2. The van der Waals surface area contributed by atoms with Gasteiger partial charge in [0.2, 0.25) is 5.91 Å². The molecule has 0 radical (unpaired) electrons. The molecule has 3 saturated heterocycles. The molecule has 1 spiro atoms. The van der Waals surface area contributed by atoms with Gasteiger partial charge in [0.25, 0.3) is 11.8 Å². The van der Waals surface area contributed by atoms with E-state index in [1.807, 2.05) is 30.0 Å². The van der Waals surface area contributed by atoms with Crippen LogP contribution in [0.5, 0.6) is 0 Å². The molecule has 3 aliphatic heterocycles. The highest BCUT2D eigenvalue weighted by Crippen LogP contribution is 2.39. The lowest BCUT2D eigenvalue weighted by Gasteiger charge is -2.44. The van der Waals surface area contributed by atoms with Gasteiger partial charge in [0.05, 0.1) is 12.9 Å². The lowest BCUT2D eigenvalue weighted by molar-refractivity contribution is -0.136. The van der Waals surface area contributed by atoms with E-state index < -0.39 is 11.8 Å². The van der Waals surface area contributed by atoms with Gasteiger partial charge in [0.15, 0.2) is 5.76 Å². The first kappa shape index (κ1) is 21.7. The molecule has 2 aromatic rings. The van der Waals surface area contributed by atoms with Gasteiger partial charge >= 0.3 is 0 Å². The second-order valence-electron chi connectivity index (χ2n) is 9.06. The molecule has 1 aromatic carbocycles. The zero-order valence-corrected chi connectivity index (χ0v) is 18.9. The Kier molecular flexibility index (Phi) is 5.70. The van der Waals surface area contributed by atoms with E-state index in [0.29, 0.717) is 37.3 Å². The lowest BCUT2D eigenvalue weighted by Crippen LogP contribution is -2.60. The van der Waals surface area contributed by atoms with Gasteiger partial charge in [-0.25, -0.2) is 0 Å². The summed E-state index contributed by atoms with van der Waals surface area (Å²) in [5.41, 5.74) is 0.539. The Morgan fingerprint density at radius 1 is 0.909 bits per heavy atom. The maximum absolute atomic E-state index is 13.9. The number of amides is 3. The largest absolute Gasteiger partial charge is 0.459 e. The highest BCUT2D eigenvalue weighted by atomic mass is 16.5. The van der Waals surface area contributed by atoms with Gasteiger partial charge in [-0.15, -0.1) is 0 Å². The molecule has 0 saturated carbocycles. The summed E-state index contributed by atoms with van der Waals surface area (Å²) in [5.74, 6) is -0.100. The van der Waals surface area contributed by atoms with Crippen LogP contribution in [-0.4, -0.2) is 77.0 Å². The van der Waals surface area contributed by atoms with Crippen LogP contribution in [0.2, 0.25) is 0 Å². The highest BCUT2D eigenvalue weighted by Gasteiger charge is 2.55. The second kappa shape index (κ2) is 8.67. The summed E-state index contributed by atoms with van der Waals surface area (Å²) in [6, 6.07) is 10.1. The number of carbonyl (C=O) groups excluding carboxylic acids is 3. The minimum Gasteiger partial charge on any atom is -0.459 e. The maximum Gasteiger partial charge on any atom is 0.289 e. The number of ether oxygens (including phenoxy) is 1. The summed E-state index contributed by atoms with van der Waals surface area (Å²) >= 11 is 0. The molecule has 0 aliphatic carbocycles. The van der Waals surface area contributed by atoms with Gasteiger partial charge in [-0.2, -0.15) is 0 Å². The predicted molar refractivity (Wildman–Crippen MR) is 119 cm³/mol. The van der Waals surface area contributed by atoms with Gasteiger partial charge in [0, 0.05) is 44.6 Å². The van der Waals surface area contributed by atoms with E-state index in [9.17, 15) is 14.4 Å². The third-order valence-electron chi connectivity index (χ3n) is 7.12. The Balaban J connectivity index is 1.42. The number of aryl methyl sites for hydroxylation is 1. The van der Waals surface area contributed by atoms with Crippen molar-refractivity contribution in [2.45, 2.75) is 44.4 Å². The summed E-state index contributed by atoms with van der Waals surface area (Å²) in [6.45, 7) is 4.36. The average Bonchev–Trinajstić information content (AvgIpc) is 3.60. The minimum absolute atomic E-state index is 0.0413. The highest BCUT2D eigenvalue weighted by molar-refractivity contribution is 5.99. The molecule has 174 valence electrons. The number of hydrogen-bond acceptors (Lipinski definition) is 5. The molecule has 3 aliphatic rings. The van der Waals surface area contributed by atoms with Gasteiger partial charge < -0.3 is 19.0 Å². The second-order valence-corrected chi connectivity index (χ2v) is 9.06. The monoisotopic (exact) mass is 451 g/mol. The van der Waals surface area contributed by atoms with Crippen LogP contribution < -0.4 is 0 Å². The summed E-state index contributed by atoms with van der Waals surface area (Å²) in [6.07, 6.45) is 4.34. The predicted octanol–water partition coefficient (Wildman–Crippen LogP) is 2.68. The Labute approximate surface area is 193 Å². The fourth-order valence-corrected chi connectivity index (χ4v) is 5.26. The number of hydrogen-bond donors (Lipinski definition) is 0. The van der Waals surface area contributed by atoms with Crippen LogP contribution in [0.25, 0.3) is 0 Å². The molecule has 3 amide bonds. The number of carbonyl (C=O) groups is 3. The summed E-state index contributed by atoms with van der Waals surface area (Å²) < 4.78 is 11.5. The molecule has 3 fully saturated rings. The van der Waals surface area contributed by atoms with Crippen molar-refractivity contribution in [2.75, 3.05) is 32.8 Å². The van der Waals surface area contributed by atoms with Crippen LogP contribution in [0, 0.1) is 6.92 Å². The fraction of sp³-hybridized carbons (Fsp3) is 0.480. The number of rotatable bonds is 3.